The number of anilines is 1. The molecule has 0 aromatic carbocycles. The van der Waals surface area contributed by atoms with Gasteiger partial charge in [0.25, 0.3) is 0 Å². The van der Waals surface area contributed by atoms with Gasteiger partial charge in [-0.05, 0) is 64.4 Å². The average molecular weight is 300 g/mol. The maximum Gasteiger partial charge on any atom is 0.221 e. The van der Waals surface area contributed by atoms with Crippen molar-refractivity contribution in [1.82, 2.24) is 14.3 Å². The topological polar surface area (TPSA) is 49.6 Å². The number of likely N-dealkylation sites (tertiary alicyclic amines) is 1. The van der Waals surface area contributed by atoms with Gasteiger partial charge in [-0.25, -0.2) is 4.98 Å². The summed E-state index contributed by atoms with van der Waals surface area (Å²) in [5, 5.41) is 2.82. The van der Waals surface area contributed by atoms with Crippen molar-refractivity contribution >= 4 is 17.2 Å². The van der Waals surface area contributed by atoms with Crippen LogP contribution in [0.25, 0.3) is 5.65 Å². The van der Waals surface area contributed by atoms with Crippen molar-refractivity contribution in [3.63, 3.8) is 0 Å². The van der Waals surface area contributed by atoms with Gasteiger partial charge in [0, 0.05) is 18.8 Å². The van der Waals surface area contributed by atoms with Crippen molar-refractivity contribution in [3.8, 4) is 0 Å². The van der Waals surface area contributed by atoms with E-state index in [9.17, 15) is 4.79 Å². The Morgan fingerprint density at radius 2 is 2.09 bits per heavy atom. The predicted molar refractivity (Wildman–Crippen MR) is 88.2 cm³/mol. The molecule has 1 fully saturated rings. The molecule has 2 aromatic heterocycles. The lowest BCUT2D eigenvalue weighted by Gasteiger charge is -2.13. The number of amides is 1. The highest BCUT2D eigenvalue weighted by Gasteiger charge is 2.13. The van der Waals surface area contributed by atoms with Gasteiger partial charge < -0.3 is 14.6 Å². The number of nitrogens with one attached hydrogen (secondary N) is 1. The zero-order chi connectivity index (χ0) is 15.5. The number of carbonyl (C=O) groups is 1. The summed E-state index contributed by atoms with van der Waals surface area (Å²) in [6, 6.07) is 3.86. The van der Waals surface area contributed by atoms with Crippen LogP contribution in [-0.4, -0.2) is 39.8 Å². The monoisotopic (exact) mass is 300 g/mol. The summed E-state index contributed by atoms with van der Waals surface area (Å²) in [5.41, 5.74) is 4.09. The molecule has 3 heterocycles. The van der Waals surface area contributed by atoms with E-state index in [4.69, 9.17) is 4.98 Å². The summed E-state index contributed by atoms with van der Waals surface area (Å²) in [5.74, 6) is -0.0528. The molecule has 1 amide bonds. The molecule has 0 radical (unpaired) electrons. The fourth-order valence-electron chi connectivity index (χ4n) is 3.20. The van der Waals surface area contributed by atoms with E-state index in [0.717, 1.165) is 24.2 Å². The predicted octanol–water partition coefficient (Wildman–Crippen LogP) is 2.63. The van der Waals surface area contributed by atoms with Crippen molar-refractivity contribution in [2.45, 2.75) is 39.5 Å². The second kappa shape index (κ2) is 6.48. The minimum Gasteiger partial charge on any atom is -0.325 e. The average Bonchev–Trinajstić information content (AvgIpc) is 3.09. The second-order valence-electron chi connectivity index (χ2n) is 6.12. The number of nitrogens with zero attached hydrogens (tertiary/aromatic N) is 3. The number of aryl methyl sites for hydroxylation is 2. The van der Waals surface area contributed by atoms with Crippen LogP contribution in [0.3, 0.4) is 0 Å². The van der Waals surface area contributed by atoms with Gasteiger partial charge in [-0.3, -0.25) is 4.79 Å². The standard InChI is InChI=1S/C17H24N4O/c1-13-16(6-5-11-20-9-3-4-10-20)19-17-8-7-15(12-21(13)17)18-14(2)22/h7-8,12H,3-6,9-11H2,1-2H3,(H,18,22). The molecule has 22 heavy (non-hydrogen) atoms. The molecule has 1 aliphatic heterocycles. The molecule has 0 spiro atoms. The molecule has 0 atom stereocenters. The summed E-state index contributed by atoms with van der Waals surface area (Å²) in [6.45, 7) is 7.30. The summed E-state index contributed by atoms with van der Waals surface area (Å²) < 4.78 is 2.07. The third kappa shape index (κ3) is 3.30. The molecule has 5 nitrogen and oxygen atoms in total. The molecule has 0 bridgehead atoms. The van der Waals surface area contributed by atoms with E-state index >= 15 is 0 Å². The van der Waals surface area contributed by atoms with Crippen molar-refractivity contribution in [1.29, 1.82) is 0 Å². The highest BCUT2D eigenvalue weighted by Crippen LogP contribution is 2.17. The van der Waals surface area contributed by atoms with Gasteiger partial charge in [0.1, 0.15) is 5.65 Å². The van der Waals surface area contributed by atoms with Gasteiger partial charge >= 0.3 is 0 Å². The van der Waals surface area contributed by atoms with Crippen LogP contribution < -0.4 is 5.32 Å². The lowest BCUT2D eigenvalue weighted by molar-refractivity contribution is -0.114. The van der Waals surface area contributed by atoms with Crippen LogP contribution in [0.5, 0.6) is 0 Å². The van der Waals surface area contributed by atoms with E-state index in [1.165, 1.54) is 50.8 Å². The first kappa shape index (κ1) is 15.0. The van der Waals surface area contributed by atoms with Gasteiger partial charge in [0.2, 0.25) is 5.91 Å². The molecule has 0 aliphatic carbocycles. The van der Waals surface area contributed by atoms with Crippen molar-refractivity contribution in [2.75, 3.05) is 25.0 Å². The van der Waals surface area contributed by atoms with Gasteiger partial charge in [-0.1, -0.05) is 0 Å². The third-order valence-electron chi connectivity index (χ3n) is 4.36. The number of hydrogen-bond acceptors (Lipinski definition) is 3. The summed E-state index contributed by atoms with van der Waals surface area (Å²) in [6.07, 6.45) is 6.81. The summed E-state index contributed by atoms with van der Waals surface area (Å²) in [7, 11) is 0. The number of pyridine rings is 1. The van der Waals surface area contributed by atoms with E-state index < -0.39 is 0 Å². The Morgan fingerprint density at radius 1 is 1.32 bits per heavy atom. The second-order valence-corrected chi connectivity index (χ2v) is 6.12. The number of carbonyl (C=O) groups excluding carboxylic acids is 1. The maximum absolute atomic E-state index is 11.2. The van der Waals surface area contributed by atoms with Gasteiger partial charge in [-0.15, -0.1) is 0 Å². The van der Waals surface area contributed by atoms with Crippen LogP contribution in [0.2, 0.25) is 0 Å². The van der Waals surface area contributed by atoms with E-state index in [2.05, 4.69) is 21.5 Å². The van der Waals surface area contributed by atoms with E-state index in [1.54, 1.807) is 0 Å². The Kier molecular flexibility index (Phi) is 4.43. The molecule has 2 aromatic rings. The highest BCUT2D eigenvalue weighted by atomic mass is 16.1. The molecule has 1 saturated heterocycles. The highest BCUT2D eigenvalue weighted by molar-refractivity contribution is 5.88. The van der Waals surface area contributed by atoms with Crippen LogP contribution in [0, 0.1) is 6.92 Å². The van der Waals surface area contributed by atoms with Crippen LogP contribution in [0.1, 0.15) is 37.6 Å². The number of aromatic nitrogens is 2. The number of rotatable bonds is 5. The van der Waals surface area contributed by atoms with E-state index in [-0.39, 0.29) is 5.91 Å². The van der Waals surface area contributed by atoms with Crippen LogP contribution >= 0.6 is 0 Å². The quantitative estimate of drug-likeness (QED) is 0.923. The minimum absolute atomic E-state index is 0.0528. The smallest absolute Gasteiger partial charge is 0.221 e. The Labute approximate surface area is 131 Å². The number of fused-ring (bicyclic) bond motifs is 1. The molecule has 118 valence electrons. The fourth-order valence-corrected chi connectivity index (χ4v) is 3.20. The Balaban J connectivity index is 1.70. The first-order chi connectivity index (χ1) is 10.6. The van der Waals surface area contributed by atoms with Crippen LogP contribution in [-0.2, 0) is 11.2 Å². The van der Waals surface area contributed by atoms with E-state index in [1.807, 2.05) is 18.3 Å². The summed E-state index contributed by atoms with van der Waals surface area (Å²) >= 11 is 0. The third-order valence-corrected chi connectivity index (χ3v) is 4.36. The Morgan fingerprint density at radius 3 is 2.82 bits per heavy atom. The molecule has 5 heteroatoms. The van der Waals surface area contributed by atoms with Crippen molar-refractivity contribution in [2.24, 2.45) is 0 Å². The van der Waals surface area contributed by atoms with Gasteiger partial charge in [0.15, 0.2) is 0 Å². The van der Waals surface area contributed by atoms with Crippen molar-refractivity contribution in [3.05, 3.63) is 29.7 Å². The summed E-state index contributed by atoms with van der Waals surface area (Å²) in [4.78, 5) is 18.4. The van der Waals surface area contributed by atoms with Crippen LogP contribution in [0.15, 0.2) is 18.3 Å². The zero-order valence-corrected chi connectivity index (χ0v) is 13.4. The van der Waals surface area contributed by atoms with Gasteiger partial charge in [0.05, 0.1) is 11.4 Å². The molecule has 3 rings (SSSR count). The Hall–Kier alpha value is -1.88. The molecule has 1 N–H and O–H groups in total. The van der Waals surface area contributed by atoms with E-state index in [0.29, 0.717) is 0 Å². The van der Waals surface area contributed by atoms with Crippen LogP contribution in [0.4, 0.5) is 5.69 Å². The number of hydrogen-bond donors (Lipinski definition) is 1. The molecule has 0 unspecified atom stereocenters. The lowest BCUT2D eigenvalue weighted by atomic mass is 10.2. The Bertz CT molecular complexity index is 671. The minimum atomic E-state index is -0.0528. The maximum atomic E-state index is 11.2. The zero-order valence-electron chi connectivity index (χ0n) is 13.4. The number of imidazole rings is 1. The largest absolute Gasteiger partial charge is 0.325 e. The normalized spacial score (nSPS) is 15.5. The molecule has 0 saturated carbocycles. The lowest BCUT2D eigenvalue weighted by Crippen LogP contribution is -2.20. The molecular formula is C17H24N4O. The molecule has 1 aliphatic rings. The van der Waals surface area contributed by atoms with Crippen molar-refractivity contribution < 1.29 is 4.79 Å². The van der Waals surface area contributed by atoms with Gasteiger partial charge in [-0.2, -0.15) is 0 Å². The molecular weight excluding hydrogens is 276 g/mol. The fraction of sp³-hybridized carbons (Fsp3) is 0.529. The SMILES string of the molecule is CC(=O)Nc1ccc2nc(CCCN3CCCC3)c(C)n2c1. The first-order valence-electron chi connectivity index (χ1n) is 8.11. The first-order valence-corrected chi connectivity index (χ1v) is 8.11.